The summed E-state index contributed by atoms with van der Waals surface area (Å²) in [5.41, 5.74) is 0. The Morgan fingerprint density at radius 3 is 2.38 bits per heavy atom. The van der Waals surface area contributed by atoms with Gasteiger partial charge in [-0.25, -0.2) is 8.78 Å². The summed E-state index contributed by atoms with van der Waals surface area (Å²) in [7, 11) is 0. The van der Waals surface area contributed by atoms with Crippen molar-refractivity contribution in [3.63, 3.8) is 0 Å². The average Bonchev–Trinajstić information content (AvgIpc) is 2.03. The molecular weight excluding hydrogens is 188 g/mol. The zero-order valence-corrected chi connectivity index (χ0v) is 7.40. The van der Waals surface area contributed by atoms with Gasteiger partial charge in [-0.15, -0.1) is 0 Å². The molecule has 0 atom stereocenters. The van der Waals surface area contributed by atoms with E-state index >= 15 is 0 Å². The fourth-order valence-corrected chi connectivity index (χ4v) is 0.699. The molecule has 5 heteroatoms. The second-order valence-corrected chi connectivity index (χ2v) is 2.64. The van der Waals surface area contributed by atoms with Gasteiger partial charge in [0.15, 0.2) is 0 Å². The van der Waals surface area contributed by atoms with Gasteiger partial charge in [0.1, 0.15) is 0 Å². The quantitative estimate of drug-likeness (QED) is 0.451. The summed E-state index contributed by atoms with van der Waals surface area (Å²) in [6.45, 7) is 2.70. The third-order valence-electron chi connectivity index (χ3n) is 1.42. The number of hydrogen-bond acceptors (Lipinski definition) is 1. The highest BCUT2D eigenvalue weighted by atomic mass is 19.3. The highest BCUT2D eigenvalue weighted by Crippen LogP contribution is 2.25. The summed E-state index contributed by atoms with van der Waals surface area (Å²) < 4.78 is 50.7. The predicted octanol–water partition coefficient (Wildman–Crippen LogP) is 3.60. The molecule has 0 aliphatic heterocycles. The zero-order chi connectivity index (χ0) is 10.3. The molecule has 0 saturated carbocycles. The molecule has 0 rings (SSSR count). The van der Waals surface area contributed by atoms with Crippen LogP contribution >= 0.6 is 0 Å². The monoisotopic (exact) mass is 201 g/mol. The van der Waals surface area contributed by atoms with Crippen molar-refractivity contribution in [3.8, 4) is 0 Å². The first kappa shape index (κ1) is 12.7. The van der Waals surface area contributed by atoms with Crippen molar-refractivity contribution in [1.82, 2.24) is 0 Å². The summed E-state index contributed by atoms with van der Waals surface area (Å²) in [5, 5.41) is 0. The van der Waals surface area contributed by atoms with E-state index in [1.54, 1.807) is 0 Å². The third-order valence-corrected chi connectivity index (χ3v) is 1.42. The molecule has 0 aromatic carbocycles. The van der Waals surface area contributed by atoms with Crippen LogP contribution in [0.5, 0.6) is 0 Å². The maximum atomic E-state index is 12.1. The number of ether oxygens (including phenoxy) is 1. The molecule has 13 heavy (non-hydrogen) atoms. The van der Waals surface area contributed by atoms with Crippen LogP contribution in [0, 0.1) is 6.61 Å². The Hall–Kier alpha value is -0.320. The predicted molar refractivity (Wildman–Crippen MR) is 40.5 cm³/mol. The van der Waals surface area contributed by atoms with Crippen molar-refractivity contribution in [2.24, 2.45) is 0 Å². The van der Waals surface area contributed by atoms with Crippen molar-refractivity contribution in [2.75, 3.05) is 0 Å². The van der Waals surface area contributed by atoms with E-state index in [1.807, 2.05) is 6.92 Å². The second-order valence-electron chi connectivity index (χ2n) is 2.64. The van der Waals surface area contributed by atoms with Gasteiger partial charge in [0, 0.05) is 0 Å². The van der Waals surface area contributed by atoms with Crippen molar-refractivity contribution in [2.45, 2.75) is 45.1 Å². The van der Waals surface area contributed by atoms with Crippen LogP contribution in [0.15, 0.2) is 0 Å². The molecule has 0 unspecified atom stereocenters. The molecule has 0 fully saturated rings. The molecule has 1 nitrogen and oxygen atoms in total. The van der Waals surface area contributed by atoms with Gasteiger partial charge in [-0.3, -0.25) is 0 Å². The molecule has 0 aliphatic carbocycles. The highest BCUT2D eigenvalue weighted by Gasteiger charge is 2.42. The van der Waals surface area contributed by atoms with E-state index in [1.165, 1.54) is 0 Å². The Kier molecular flexibility index (Phi) is 6.03. The lowest BCUT2D eigenvalue weighted by Gasteiger charge is -2.14. The summed E-state index contributed by atoms with van der Waals surface area (Å²) in [4.78, 5) is 0. The van der Waals surface area contributed by atoms with Crippen LogP contribution in [-0.2, 0) is 4.74 Å². The molecule has 1 radical (unpaired) electrons. The standard InChI is InChI=1S/C8H13F4O/c1-2-3-4-5-6-13-8(11,12)7(9)10/h6-7H,2-5H2,1H3. The molecule has 0 N–H and O–H groups in total. The van der Waals surface area contributed by atoms with Gasteiger partial charge >= 0.3 is 12.5 Å². The van der Waals surface area contributed by atoms with Crippen LogP contribution in [0.3, 0.4) is 0 Å². The van der Waals surface area contributed by atoms with Crippen LogP contribution in [0.25, 0.3) is 0 Å². The maximum absolute atomic E-state index is 12.1. The Morgan fingerprint density at radius 2 is 1.92 bits per heavy atom. The van der Waals surface area contributed by atoms with E-state index in [2.05, 4.69) is 4.74 Å². The fraction of sp³-hybridized carbons (Fsp3) is 0.875. The van der Waals surface area contributed by atoms with Crippen molar-refractivity contribution in [3.05, 3.63) is 6.61 Å². The average molecular weight is 201 g/mol. The third kappa shape index (κ3) is 5.85. The zero-order valence-electron chi connectivity index (χ0n) is 7.40. The van der Waals surface area contributed by atoms with Crippen LogP contribution in [0.4, 0.5) is 17.6 Å². The Labute approximate surface area is 75.1 Å². The second kappa shape index (κ2) is 6.18. The van der Waals surface area contributed by atoms with Gasteiger partial charge in [0.05, 0.1) is 6.61 Å². The summed E-state index contributed by atoms with van der Waals surface area (Å²) >= 11 is 0. The first-order chi connectivity index (χ1) is 6.00. The molecule has 0 amide bonds. The maximum Gasteiger partial charge on any atom is 0.416 e. The van der Waals surface area contributed by atoms with E-state index in [4.69, 9.17) is 0 Å². The molecule has 0 heterocycles. The molecule has 0 aromatic heterocycles. The molecule has 79 valence electrons. The van der Waals surface area contributed by atoms with E-state index < -0.39 is 12.5 Å². The first-order valence-electron chi connectivity index (χ1n) is 4.16. The van der Waals surface area contributed by atoms with Crippen LogP contribution in [0.2, 0.25) is 0 Å². The van der Waals surface area contributed by atoms with Crippen LogP contribution in [-0.4, -0.2) is 12.5 Å². The minimum absolute atomic E-state index is 0.274. The normalized spacial score (nSPS) is 12.5. The number of hydrogen-bond donors (Lipinski definition) is 0. The van der Waals surface area contributed by atoms with Crippen LogP contribution in [0.1, 0.15) is 32.6 Å². The SMILES string of the molecule is CCCCC[CH]OC(F)(F)C(F)F. The van der Waals surface area contributed by atoms with E-state index in [0.717, 1.165) is 19.4 Å². The lowest BCUT2D eigenvalue weighted by molar-refractivity contribution is -0.286. The number of rotatable bonds is 7. The first-order valence-corrected chi connectivity index (χ1v) is 4.16. The molecule has 0 bridgehead atoms. The van der Waals surface area contributed by atoms with Crippen LogP contribution < -0.4 is 0 Å². The lowest BCUT2D eigenvalue weighted by atomic mass is 10.2. The van der Waals surface area contributed by atoms with Crippen molar-refractivity contribution in [1.29, 1.82) is 0 Å². The topological polar surface area (TPSA) is 9.23 Å². The van der Waals surface area contributed by atoms with Crippen molar-refractivity contribution >= 4 is 0 Å². The Morgan fingerprint density at radius 1 is 1.31 bits per heavy atom. The van der Waals surface area contributed by atoms with Gasteiger partial charge in [0.2, 0.25) is 0 Å². The van der Waals surface area contributed by atoms with Gasteiger partial charge in [-0.05, 0) is 6.42 Å². The lowest BCUT2D eigenvalue weighted by Crippen LogP contribution is -2.28. The molecule has 0 aliphatic rings. The minimum Gasteiger partial charge on any atom is -0.310 e. The Balaban J connectivity index is 3.41. The Bertz CT molecular complexity index is 127. The van der Waals surface area contributed by atoms with Gasteiger partial charge < -0.3 is 4.74 Å². The molecule has 0 saturated heterocycles. The van der Waals surface area contributed by atoms with Gasteiger partial charge in [0.25, 0.3) is 0 Å². The summed E-state index contributed by atoms with van der Waals surface area (Å²) in [5.74, 6) is 0. The van der Waals surface area contributed by atoms with E-state index in [0.29, 0.717) is 6.42 Å². The number of alkyl halides is 4. The molecule has 0 spiro atoms. The van der Waals surface area contributed by atoms with E-state index in [9.17, 15) is 17.6 Å². The summed E-state index contributed by atoms with van der Waals surface area (Å²) in [6.07, 6.45) is -5.34. The largest absolute Gasteiger partial charge is 0.416 e. The minimum atomic E-state index is -4.34. The molecular formula is C8H13F4O. The number of halogens is 4. The fourth-order valence-electron chi connectivity index (χ4n) is 0.699. The highest BCUT2D eigenvalue weighted by molar-refractivity contribution is 4.60. The van der Waals surface area contributed by atoms with Crippen molar-refractivity contribution < 1.29 is 22.3 Å². The van der Waals surface area contributed by atoms with Gasteiger partial charge in [-0.2, -0.15) is 8.78 Å². The summed E-state index contributed by atoms with van der Waals surface area (Å²) in [6, 6.07) is 0. The molecule has 0 aromatic rings. The number of unbranched alkanes of at least 4 members (excludes halogenated alkanes) is 3. The van der Waals surface area contributed by atoms with Gasteiger partial charge in [-0.1, -0.05) is 26.2 Å². The van der Waals surface area contributed by atoms with E-state index in [-0.39, 0.29) is 6.42 Å². The smallest absolute Gasteiger partial charge is 0.310 e.